The van der Waals surface area contributed by atoms with Gasteiger partial charge in [0, 0.05) is 13.1 Å². The molecule has 0 unspecified atom stereocenters. The average Bonchev–Trinajstić information content (AvgIpc) is 2.67. The van der Waals surface area contributed by atoms with E-state index >= 15 is 0 Å². The molecule has 1 aromatic heterocycles. The van der Waals surface area contributed by atoms with Crippen LogP contribution in [0.1, 0.15) is 11.4 Å². The fourth-order valence-electron chi connectivity index (χ4n) is 2.48. The summed E-state index contributed by atoms with van der Waals surface area (Å²) in [5.41, 5.74) is 0.710. The lowest BCUT2D eigenvalue weighted by Crippen LogP contribution is -2.37. The Hall–Kier alpha value is -2.30. The van der Waals surface area contributed by atoms with Crippen LogP contribution in [0.4, 0.5) is 5.95 Å². The van der Waals surface area contributed by atoms with Gasteiger partial charge in [-0.05, 0) is 5.56 Å². The minimum Gasteiger partial charge on any atom is -0.467 e. The Kier molecular flexibility index (Phi) is 5.96. The molecule has 0 saturated carbocycles. The number of morpholine rings is 1. The van der Waals surface area contributed by atoms with Gasteiger partial charge in [0.1, 0.15) is 0 Å². The molecule has 1 aromatic carbocycles. The van der Waals surface area contributed by atoms with E-state index in [1.54, 1.807) is 24.3 Å². The summed E-state index contributed by atoms with van der Waals surface area (Å²) >= 11 is 0. The van der Waals surface area contributed by atoms with E-state index in [9.17, 15) is 8.42 Å². The first-order chi connectivity index (χ1) is 12.6. The van der Waals surface area contributed by atoms with E-state index in [1.165, 1.54) is 7.11 Å². The number of hydrogen-bond donors (Lipinski definition) is 1. The van der Waals surface area contributed by atoms with Gasteiger partial charge < -0.3 is 14.4 Å². The summed E-state index contributed by atoms with van der Waals surface area (Å²) in [6, 6.07) is 9.13. The largest absolute Gasteiger partial charge is 0.467 e. The number of ether oxygens (including phenoxy) is 2. The van der Waals surface area contributed by atoms with Crippen LogP contribution in [0.25, 0.3) is 0 Å². The Morgan fingerprint density at radius 2 is 1.88 bits per heavy atom. The number of methoxy groups -OCH3 is 1. The van der Waals surface area contributed by atoms with Crippen LogP contribution in [-0.2, 0) is 27.1 Å². The van der Waals surface area contributed by atoms with Gasteiger partial charge in [-0.2, -0.15) is 15.0 Å². The molecule has 3 rings (SSSR count). The van der Waals surface area contributed by atoms with Crippen LogP contribution >= 0.6 is 0 Å². The highest BCUT2D eigenvalue weighted by Gasteiger charge is 2.18. The normalized spacial score (nSPS) is 15.0. The fourth-order valence-corrected chi connectivity index (χ4v) is 3.56. The molecule has 2 aromatic rings. The molecule has 26 heavy (non-hydrogen) atoms. The van der Waals surface area contributed by atoms with Crippen LogP contribution in [0.2, 0.25) is 0 Å². The van der Waals surface area contributed by atoms with Crippen molar-refractivity contribution >= 4 is 16.0 Å². The van der Waals surface area contributed by atoms with Gasteiger partial charge in [0.05, 0.1) is 32.6 Å². The summed E-state index contributed by atoms with van der Waals surface area (Å²) in [4.78, 5) is 14.7. The fraction of sp³-hybridized carbons (Fsp3) is 0.438. The Labute approximate surface area is 152 Å². The van der Waals surface area contributed by atoms with Gasteiger partial charge in [-0.15, -0.1) is 0 Å². The maximum atomic E-state index is 12.3. The molecule has 1 aliphatic heterocycles. The second-order valence-electron chi connectivity index (χ2n) is 5.70. The zero-order valence-electron chi connectivity index (χ0n) is 14.5. The van der Waals surface area contributed by atoms with Crippen LogP contribution in [0.3, 0.4) is 0 Å². The third-order valence-electron chi connectivity index (χ3n) is 3.78. The number of nitrogens with zero attached hydrogens (tertiary/aromatic N) is 4. The van der Waals surface area contributed by atoms with Crippen molar-refractivity contribution in [2.75, 3.05) is 38.3 Å². The molecule has 1 N–H and O–H groups in total. The van der Waals surface area contributed by atoms with Gasteiger partial charge in [0.25, 0.3) is 0 Å². The van der Waals surface area contributed by atoms with Gasteiger partial charge in [-0.3, -0.25) is 0 Å². The summed E-state index contributed by atoms with van der Waals surface area (Å²) in [7, 11) is -2.05. The number of hydrogen-bond acceptors (Lipinski definition) is 8. The van der Waals surface area contributed by atoms with E-state index in [0.717, 1.165) is 0 Å². The Morgan fingerprint density at radius 3 is 2.58 bits per heavy atom. The van der Waals surface area contributed by atoms with Gasteiger partial charge >= 0.3 is 6.01 Å². The predicted octanol–water partition coefficient (Wildman–Crippen LogP) is 0.336. The minimum atomic E-state index is -3.51. The lowest BCUT2D eigenvalue weighted by molar-refractivity contribution is 0.122. The van der Waals surface area contributed by atoms with E-state index in [-0.39, 0.29) is 18.3 Å². The number of anilines is 1. The molecule has 0 bridgehead atoms. The first kappa shape index (κ1) is 18.5. The molecule has 1 aliphatic rings. The Bertz CT molecular complexity index is 826. The van der Waals surface area contributed by atoms with Crippen molar-refractivity contribution in [1.29, 1.82) is 0 Å². The van der Waals surface area contributed by atoms with Crippen molar-refractivity contribution in [2.45, 2.75) is 12.3 Å². The zero-order valence-corrected chi connectivity index (χ0v) is 15.3. The highest BCUT2D eigenvalue weighted by molar-refractivity contribution is 7.88. The van der Waals surface area contributed by atoms with E-state index in [0.29, 0.717) is 43.6 Å². The third-order valence-corrected chi connectivity index (χ3v) is 5.07. The lowest BCUT2D eigenvalue weighted by atomic mass is 10.2. The van der Waals surface area contributed by atoms with Crippen molar-refractivity contribution in [2.24, 2.45) is 0 Å². The van der Waals surface area contributed by atoms with Crippen LogP contribution < -0.4 is 14.4 Å². The molecular weight excluding hydrogens is 358 g/mol. The summed E-state index contributed by atoms with van der Waals surface area (Å²) in [6.45, 7) is 2.46. The molecule has 140 valence electrons. The second-order valence-corrected chi connectivity index (χ2v) is 7.51. The first-order valence-electron chi connectivity index (χ1n) is 8.18. The third kappa shape index (κ3) is 5.10. The second kappa shape index (κ2) is 8.39. The Morgan fingerprint density at radius 1 is 1.15 bits per heavy atom. The maximum absolute atomic E-state index is 12.3. The van der Waals surface area contributed by atoms with Crippen molar-refractivity contribution in [3.8, 4) is 6.01 Å². The van der Waals surface area contributed by atoms with E-state index in [4.69, 9.17) is 9.47 Å². The molecule has 0 amide bonds. The number of rotatable bonds is 7. The van der Waals surface area contributed by atoms with Crippen LogP contribution in [-0.4, -0.2) is 56.8 Å². The SMILES string of the molecule is COc1nc(CNS(=O)(=O)Cc2ccccc2)nc(N2CCOCC2)n1. The van der Waals surface area contributed by atoms with Crippen LogP contribution in [0.15, 0.2) is 30.3 Å². The van der Waals surface area contributed by atoms with E-state index in [2.05, 4.69) is 19.7 Å². The molecule has 0 spiro atoms. The number of benzene rings is 1. The van der Waals surface area contributed by atoms with Crippen molar-refractivity contribution < 1.29 is 17.9 Å². The maximum Gasteiger partial charge on any atom is 0.321 e. The number of sulfonamides is 1. The molecule has 0 atom stereocenters. The topological polar surface area (TPSA) is 107 Å². The van der Waals surface area contributed by atoms with Gasteiger partial charge in [-0.1, -0.05) is 30.3 Å². The smallest absolute Gasteiger partial charge is 0.321 e. The van der Waals surface area contributed by atoms with E-state index < -0.39 is 10.0 Å². The van der Waals surface area contributed by atoms with E-state index in [1.807, 2.05) is 11.0 Å². The highest BCUT2D eigenvalue weighted by atomic mass is 32.2. The summed E-state index contributed by atoms with van der Waals surface area (Å²) < 4.78 is 37.5. The summed E-state index contributed by atoms with van der Waals surface area (Å²) in [5, 5.41) is 0. The van der Waals surface area contributed by atoms with Gasteiger partial charge in [-0.25, -0.2) is 13.1 Å². The molecule has 0 radical (unpaired) electrons. The highest BCUT2D eigenvalue weighted by Crippen LogP contribution is 2.14. The molecule has 10 heteroatoms. The Balaban J connectivity index is 1.70. The molecule has 0 aliphatic carbocycles. The number of aromatic nitrogens is 3. The van der Waals surface area contributed by atoms with Crippen molar-refractivity contribution in [3.63, 3.8) is 0 Å². The molecular formula is C16H21N5O4S. The molecule has 1 fully saturated rings. The molecule has 2 heterocycles. The summed E-state index contributed by atoms with van der Waals surface area (Å²) in [5.74, 6) is 0.652. The average molecular weight is 379 g/mol. The van der Waals surface area contributed by atoms with Crippen LogP contribution in [0.5, 0.6) is 6.01 Å². The van der Waals surface area contributed by atoms with Gasteiger partial charge in [0.15, 0.2) is 5.82 Å². The van der Waals surface area contributed by atoms with Crippen molar-refractivity contribution in [3.05, 3.63) is 41.7 Å². The lowest BCUT2D eigenvalue weighted by Gasteiger charge is -2.26. The van der Waals surface area contributed by atoms with Gasteiger partial charge in [0.2, 0.25) is 16.0 Å². The summed E-state index contributed by atoms with van der Waals surface area (Å²) in [6.07, 6.45) is 0. The molecule has 9 nitrogen and oxygen atoms in total. The molecule has 1 saturated heterocycles. The van der Waals surface area contributed by atoms with Crippen LogP contribution in [0, 0.1) is 0 Å². The zero-order chi connectivity index (χ0) is 18.4. The number of nitrogens with one attached hydrogen (secondary N) is 1. The monoisotopic (exact) mass is 379 g/mol. The first-order valence-corrected chi connectivity index (χ1v) is 9.84. The standard InChI is InChI=1S/C16H21N5O4S/c1-24-16-19-14(18-15(20-16)21-7-9-25-10-8-21)11-17-26(22,23)12-13-5-3-2-4-6-13/h2-6,17H,7-12H2,1H3. The minimum absolute atomic E-state index is 0.0363. The quantitative estimate of drug-likeness (QED) is 0.734. The van der Waals surface area contributed by atoms with Crippen molar-refractivity contribution in [1.82, 2.24) is 19.7 Å². The predicted molar refractivity (Wildman–Crippen MR) is 95.3 cm³/mol.